The molecule has 0 amide bonds. The van der Waals surface area contributed by atoms with Gasteiger partial charge >= 0.3 is 5.97 Å². The number of para-hydroxylation sites is 1. The minimum atomic E-state index is -0.252. The number of rotatable bonds is 1. The van der Waals surface area contributed by atoms with E-state index in [0.717, 1.165) is 48.5 Å². The quantitative estimate of drug-likeness (QED) is 0.468. The number of piperidine rings is 1. The lowest BCUT2D eigenvalue weighted by Gasteiger charge is -2.48. The third-order valence-corrected chi connectivity index (χ3v) is 6.71. The molecule has 0 aromatic heterocycles. The highest BCUT2D eigenvalue weighted by Gasteiger charge is 2.62. The summed E-state index contributed by atoms with van der Waals surface area (Å²) in [6.07, 6.45) is 4.04. The fourth-order valence-electron chi connectivity index (χ4n) is 5.67. The van der Waals surface area contributed by atoms with Gasteiger partial charge in [-0.1, -0.05) is 23.8 Å². The maximum atomic E-state index is 12.8. The second-order valence-electron chi connectivity index (χ2n) is 7.46. The molecule has 2 fully saturated rings. The van der Waals surface area contributed by atoms with E-state index in [1.165, 1.54) is 12.7 Å². The van der Waals surface area contributed by atoms with Crippen molar-refractivity contribution in [2.45, 2.75) is 31.2 Å². The maximum absolute atomic E-state index is 12.8. The van der Waals surface area contributed by atoms with E-state index in [-0.39, 0.29) is 23.1 Å². The molecule has 2 saturated heterocycles. The molecule has 4 aliphatic rings. The van der Waals surface area contributed by atoms with E-state index in [2.05, 4.69) is 29.3 Å². The number of ether oxygens (including phenoxy) is 1. The lowest BCUT2D eigenvalue weighted by molar-refractivity contribution is -0.137. The van der Waals surface area contributed by atoms with E-state index in [4.69, 9.17) is 4.74 Å². The van der Waals surface area contributed by atoms with Crippen LogP contribution in [-0.4, -0.2) is 42.2 Å². The molecule has 2 N–H and O–H groups in total. The highest BCUT2D eigenvalue weighted by molar-refractivity contribution is 5.94. The van der Waals surface area contributed by atoms with Crippen LogP contribution in [-0.2, 0) is 14.9 Å². The van der Waals surface area contributed by atoms with Crippen molar-refractivity contribution in [3.8, 4) is 5.75 Å². The molecule has 0 radical (unpaired) electrons. The molecular formula is C20H22N2O3. The van der Waals surface area contributed by atoms with Gasteiger partial charge in [-0.3, -0.25) is 4.90 Å². The van der Waals surface area contributed by atoms with Gasteiger partial charge in [0, 0.05) is 30.7 Å². The number of methoxy groups -OCH3 is 1. The van der Waals surface area contributed by atoms with Gasteiger partial charge in [0.1, 0.15) is 5.75 Å². The summed E-state index contributed by atoms with van der Waals surface area (Å²) in [5.41, 5.74) is 4.66. The average molecular weight is 338 g/mol. The van der Waals surface area contributed by atoms with E-state index in [1.54, 1.807) is 6.07 Å². The van der Waals surface area contributed by atoms with Gasteiger partial charge in [-0.05, 0) is 31.4 Å². The predicted octanol–water partition coefficient (Wildman–Crippen LogP) is 2.54. The summed E-state index contributed by atoms with van der Waals surface area (Å²) in [7, 11) is 1.45. The van der Waals surface area contributed by atoms with Crippen LogP contribution in [0.3, 0.4) is 0 Å². The molecule has 5 heteroatoms. The van der Waals surface area contributed by atoms with Gasteiger partial charge in [0.15, 0.2) is 0 Å². The number of nitrogens with zero attached hydrogens (tertiary/aromatic N) is 1. The summed E-state index contributed by atoms with van der Waals surface area (Å²) in [5.74, 6) is 0.0958. The summed E-state index contributed by atoms with van der Waals surface area (Å²) in [5, 5.41) is 13.8. The molecule has 0 saturated carbocycles. The van der Waals surface area contributed by atoms with E-state index in [1.807, 2.05) is 6.07 Å². The van der Waals surface area contributed by atoms with Crippen molar-refractivity contribution in [3.05, 3.63) is 46.7 Å². The molecular weight excluding hydrogens is 316 g/mol. The van der Waals surface area contributed by atoms with Gasteiger partial charge in [-0.2, -0.15) is 0 Å². The topological polar surface area (TPSA) is 61.8 Å². The maximum Gasteiger partial charge on any atom is 0.336 e. The van der Waals surface area contributed by atoms with Crippen LogP contribution in [0.2, 0.25) is 0 Å². The van der Waals surface area contributed by atoms with Gasteiger partial charge in [0.05, 0.1) is 23.8 Å². The fourth-order valence-corrected chi connectivity index (χ4v) is 5.67. The summed E-state index contributed by atoms with van der Waals surface area (Å²) in [6, 6.07) is 6.06. The molecule has 1 aliphatic carbocycles. The van der Waals surface area contributed by atoms with E-state index < -0.39 is 0 Å². The SMILES string of the molecule is C/C=C1/CN2CC[C@@]34C(=C(C(=O)OC)[C@@H]1C[C@@H]23)Nc1c(O)cccc14. The van der Waals surface area contributed by atoms with Crippen LogP contribution in [0.5, 0.6) is 5.75 Å². The van der Waals surface area contributed by atoms with Gasteiger partial charge in [0.2, 0.25) is 0 Å². The van der Waals surface area contributed by atoms with Gasteiger partial charge in [0.25, 0.3) is 0 Å². The number of hydrogen-bond donors (Lipinski definition) is 2. The number of fused-ring (bicyclic) bond motifs is 2. The number of hydrogen-bond acceptors (Lipinski definition) is 5. The van der Waals surface area contributed by atoms with Crippen LogP contribution in [0.4, 0.5) is 5.69 Å². The molecule has 5 nitrogen and oxygen atoms in total. The minimum absolute atomic E-state index is 0.101. The molecule has 0 unspecified atom stereocenters. The zero-order chi connectivity index (χ0) is 17.3. The number of phenolic OH excluding ortho intramolecular Hbond substituents is 1. The Bertz CT molecular complexity index is 856. The molecule has 2 bridgehead atoms. The summed E-state index contributed by atoms with van der Waals surface area (Å²) < 4.78 is 5.17. The highest BCUT2D eigenvalue weighted by atomic mass is 16.5. The van der Waals surface area contributed by atoms with Gasteiger partial charge in [-0.25, -0.2) is 4.79 Å². The first kappa shape index (κ1) is 15.0. The summed E-state index contributed by atoms with van der Waals surface area (Å²) in [4.78, 5) is 15.3. The van der Waals surface area contributed by atoms with E-state index in [9.17, 15) is 9.90 Å². The lowest BCUT2D eigenvalue weighted by atomic mass is 9.62. The number of anilines is 1. The number of aromatic hydroxyl groups is 1. The Labute approximate surface area is 147 Å². The van der Waals surface area contributed by atoms with Crippen LogP contribution in [0, 0.1) is 5.92 Å². The smallest absolute Gasteiger partial charge is 0.336 e. The fraction of sp³-hybridized carbons (Fsp3) is 0.450. The molecule has 3 atom stereocenters. The second kappa shape index (κ2) is 4.88. The van der Waals surface area contributed by atoms with Crippen molar-refractivity contribution in [3.63, 3.8) is 0 Å². The van der Waals surface area contributed by atoms with E-state index >= 15 is 0 Å². The minimum Gasteiger partial charge on any atom is -0.506 e. The van der Waals surface area contributed by atoms with Crippen LogP contribution in [0.25, 0.3) is 0 Å². The van der Waals surface area contributed by atoms with Crippen molar-refractivity contribution < 1.29 is 14.6 Å². The second-order valence-corrected chi connectivity index (χ2v) is 7.46. The zero-order valence-electron chi connectivity index (χ0n) is 14.5. The Morgan fingerprint density at radius 2 is 2.32 bits per heavy atom. The molecule has 25 heavy (non-hydrogen) atoms. The molecule has 1 spiro atoms. The third-order valence-electron chi connectivity index (χ3n) is 6.71. The molecule has 1 aromatic rings. The van der Waals surface area contributed by atoms with E-state index in [0.29, 0.717) is 6.04 Å². The number of carbonyl (C=O) groups is 1. The van der Waals surface area contributed by atoms with Gasteiger partial charge < -0.3 is 15.2 Å². The molecule has 130 valence electrons. The standard InChI is InChI=1S/C20H22N2O3/c1-3-11-10-22-8-7-20-13-5-4-6-14(23)17(13)21-18(20)16(19(24)25-2)12(11)9-15(20)22/h3-6,12,15,21,23H,7-10H2,1-2H3/b11-3-/t12-,15-,20+/m1/s1. The first-order chi connectivity index (χ1) is 12.1. The average Bonchev–Trinajstić information content (AvgIpc) is 3.18. The normalized spacial score (nSPS) is 33.9. The number of allylic oxidation sites excluding steroid dienone is 1. The van der Waals surface area contributed by atoms with Crippen molar-refractivity contribution in [1.29, 1.82) is 0 Å². The van der Waals surface area contributed by atoms with Crippen LogP contribution >= 0.6 is 0 Å². The molecule has 3 heterocycles. The molecule has 5 rings (SSSR count). The molecule has 3 aliphatic heterocycles. The van der Waals surface area contributed by atoms with Crippen molar-refractivity contribution in [1.82, 2.24) is 4.90 Å². The Hall–Kier alpha value is -2.27. The Balaban J connectivity index is 1.83. The predicted molar refractivity (Wildman–Crippen MR) is 94.3 cm³/mol. The number of carbonyl (C=O) groups excluding carboxylic acids is 1. The van der Waals surface area contributed by atoms with Crippen LogP contribution in [0.15, 0.2) is 41.1 Å². The molecule has 1 aromatic carbocycles. The monoisotopic (exact) mass is 338 g/mol. The van der Waals surface area contributed by atoms with Crippen molar-refractivity contribution in [2.75, 3.05) is 25.5 Å². The Morgan fingerprint density at radius 3 is 3.08 bits per heavy atom. The highest BCUT2D eigenvalue weighted by Crippen LogP contribution is 2.62. The zero-order valence-corrected chi connectivity index (χ0v) is 14.5. The first-order valence-corrected chi connectivity index (χ1v) is 8.93. The van der Waals surface area contributed by atoms with Crippen molar-refractivity contribution in [2.24, 2.45) is 5.92 Å². The van der Waals surface area contributed by atoms with Gasteiger partial charge in [-0.15, -0.1) is 0 Å². The summed E-state index contributed by atoms with van der Waals surface area (Å²) in [6.45, 7) is 3.97. The lowest BCUT2D eigenvalue weighted by Crippen LogP contribution is -2.53. The summed E-state index contributed by atoms with van der Waals surface area (Å²) >= 11 is 0. The number of nitrogens with one attached hydrogen (secondary N) is 1. The number of benzene rings is 1. The Kier molecular flexibility index (Phi) is 2.93. The largest absolute Gasteiger partial charge is 0.506 e. The van der Waals surface area contributed by atoms with Crippen molar-refractivity contribution >= 4 is 11.7 Å². The number of esters is 1. The van der Waals surface area contributed by atoms with Crippen LogP contribution in [0.1, 0.15) is 25.3 Å². The Morgan fingerprint density at radius 1 is 1.48 bits per heavy atom. The third kappa shape index (κ3) is 1.64. The first-order valence-electron chi connectivity index (χ1n) is 8.93. The number of phenols is 1. The van der Waals surface area contributed by atoms with Crippen LogP contribution < -0.4 is 5.32 Å².